The second-order valence-corrected chi connectivity index (χ2v) is 10.3. The van der Waals surface area contributed by atoms with Crippen molar-refractivity contribution in [1.82, 2.24) is 0 Å². The molecule has 27 heavy (non-hydrogen) atoms. The Bertz CT molecular complexity index is 757. The van der Waals surface area contributed by atoms with Crippen molar-refractivity contribution in [2.75, 3.05) is 13.2 Å². The van der Waals surface area contributed by atoms with Crippen LogP contribution in [0.1, 0.15) is 45.4 Å². The Morgan fingerprint density at radius 1 is 1.22 bits per heavy atom. The molecule has 0 bridgehead atoms. The van der Waals surface area contributed by atoms with Crippen LogP contribution < -0.4 is 0 Å². The molecule has 4 heteroatoms. The SMILES string of the molecule is C[C@]12CCC3C(CC(CO)C4=C/C(=N/O)CC[C@@H]43)C1C1CC1[C@@]21C=CCO1. The highest BCUT2D eigenvalue weighted by molar-refractivity contribution is 5.96. The molecule has 0 saturated heterocycles. The number of hydrogen-bond donors (Lipinski definition) is 2. The van der Waals surface area contributed by atoms with Crippen LogP contribution in [0.25, 0.3) is 0 Å². The minimum atomic E-state index is 0.00140. The van der Waals surface area contributed by atoms with E-state index < -0.39 is 0 Å². The predicted molar refractivity (Wildman–Crippen MR) is 102 cm³/mol. The average molecular weight is 370 g/mol. The van der Waals surface area contributed by atoms with Crippen molar-refractivity contribution in [1.29, 1.82) is 0 Å². The maximum Gasteiger partial charge on any atom is 0.0954 e. The highest BCUT2D eigenvalue weighted by Gasteiger charge is 2.76. The van der Waals surface area contributed by atoms with Gasteiger partial charge in [-0.05, 0) is 80.1 Å². The zero-order valence-electron chi connectivity index (χ0n) is 16.2. The molecule has 5 aliphatic carbocycles. The fourth-order valence-electron chi connectivity index (χ4n) is 8.67. The van der Waals surface area contributed by atoms with E-state index in [1.807, 2.05) is 0 Å². The van der Waals surface area contributed by atoms with E-state index in [4.69, 9.17) is 4.74 Å². The summed E-state index contributed by atoms with van der Waals surface area (Å²) < 4.78 is 6.48. The van der Waals surface area contributed by atoms with Crippen LogP contribution in [-0.4, -0.2) is 34.8 Å². The largest absolute Gasteiger partial charge is 0.411 e. The van der Waals surface area contributed by atoms with E-state index in [0.717, 1.165) is 55.3 Å². The Kier molecular flexibility index (Phi) is 3.41. The van der Waals surface area contributed by atoms with Gasteiger partial charge in [-0.1, -0.05) is 29.8 Å². The van der Waals surface area contributed by atoms with Crippen LogP contribution in [0.5, 0.6) is 0 Å². The number of ether oxygens (including phenoxy) is 1. The first kappa shape index (κ1) is 16.8. The number of fused-ring (bicyclic) bond motifs is 9. The normalized spacial score (nSPS) is 56.4. The molecule has 0 radical (unpaired) electrons. The zero-order chi connectivity index (χ0) is 18.4. The summed E-state index contributed by atoms with van der Waals surface area (Å²) in [6.45, 7) is 3.54. The van der Waals surface area contributed by atoms with Gasteiger partial charge < -0.3 is 15.1 Å². The van der Waals surface area contributed by atoms with Crippen LogP contribution in [0.3, 0.4) is 0 Å². The molecule has 6 unspecified atom stereocenters. The zero-order valence-corrected chi connectivity index (χ0v) is 16.2. The van der Waals surface area contributed by atoms with Gasteiger partial charge in [-0.3, -0.25) is 0 Å². The van der Waals surface area contributed by atoms with Gasteiger partial charge in [-0.25, -0.2) is 0 Å². The summed E-state index contributed by atoms with van der Waals surface area (Å²) >= 11 is 0. The van der Waals surface area contributed by atoms with Gasteiger partial charge in [0.2, 0.25) is 0 Å². The molecule has 0 aromatic carbocycles. The number of nitrogens with zero attached hydrogens (tertiary/aromatic N) is 1. The molecule has 146 valence electrons. The van der Waals surface area contributed by atoms with Gasteiger partial charge in [0.15, 0.2) is 0 Å². The summed E-state index contributed by atoms with van der Waals surface area (Å²) in [5.74, 6) is 4.56. The van der Waals surface area contributed by atoms with Gasteiger partial charge in [0.1, 0.15) is 0 Å². The molecule has 0 amide bonds. The first-order valence-corrected chi connectivity index (χ1v) is 11.0. The van der Waals surface area contributed by atoms with Crippen molar-refractivity contribution in [2.45, 2.75) is 51.0 Å². The molecule has 4 saturated carbocycles. The fourth-order valence-corrected chi connectivity index (χ4v) is 8.67. The number of allylic oxidation sites excluding steroid dienone is 1. The van der Waals surface area contributed by atoms with E-state index in [-0.39, 0.29) is 23.5 Å². The summed E-state index contributed by atoms with van der Waals surface area (Å²) in [5.41, 5.74) is 2.44. The van der Waals surface area contributed by atoms with E-state index in [0.29, 0.717) is 11.8 Å². The van der Waals surface area contributed by atoms with Crippen LogP contribution in [0.4, 0.5) is 0 Å². The maximum atomic E-state index is 10.2. The quantitative estimate of drug-likeness (QED) is 0.420. The summed E-state index contributed by atoms with van der Waals surface area (Å²) in [7, 11) is 0. The van der Waals surface area contributed by atoms with Crippen molar-refractivity contribution in [2.24, 2.45) is 52.0 Å². The lowest BCUT2D eigenvalue weighted by atomic mass is 9.48. The summed E-state index contributed by atoms with van der Waals surface area (Å²) in [6, 6.07) is 0. The third kappa shape index (κ3) is 1.94. The fraction of sp³-hybridized carbons (Fsp3) is 0.783. The Morgan fingerprint density at radius 3 is 2.85 bits per heavy atom. The number of hydrogen-bond acceptors (Lipinski definition) is 4. The van der Waals surface area contributed by atoms with E-state index >= 15 is 0 Å². The van der Waals surface area contributed by atoms with Crippen molar-refractivity contribution in [3.05, 3.63) is 23.8 Å². The van der Waals surface area contributed by atoms with Crippen molar-refractivity contribution >= 4 is 5.71 Å². The molecule has 0 aromatic rings. The van der Waals surface area contributed by atoms with Crippen LogP contribution in [0, 0.1) is 46.8 Å². The van der Waals surface area contributed by atoms with E-state index in [1.165, 1.54) is 24.8 Å². The van der Waals surface area contributed by atoms with Gasteiger partial charge >= 0.3 is 0 Å². The predicted octanol–water partition coefficient (Wildman–Crippen LogP) is 3.79. The third-order valence-electron chi connectivity index (χ3n) is 9.64. The molecule has 4 nitrogen and oxygen atoms in total. The molecule has 2 N–H and O–H groups in total. The van der Waals surface area contributed by atoms with Crippen LogP contribution >= 0.6 is 0 Å². The first-order valence-electron chi connectivity index (χ1n) is 11.0. The lowest BCUT2D eigenvalue weighted by Crippen LogP contribution is -2.55. The lowest BCUT2D eigenvalue weighted by Gasteiger charge is -2.58. The number of aliphatic hydroxyl groups excluding tert-OH is 1. The van der Waals surface area contributed by atoms with Gasteiger partial charge in [0.05, 0.1) is 17.9 Å². The van der Waals surface area contributed by atoms with Gasteiger partial charge in [-0.2, -0.15) is 0 Å². The summed E-state index contributed by atoms with van der Waals surface area (Å²) in [6.07, 6.45) is 13.7. The van der Waals surface area contributed by atoms with Crippen molar-refractivity contribution in [3.63, 3.8) is 0 Å². The summed E-state index contributed by atoms with van der Waals surface area (Å²) in [4.78, 5) is 0. The molecular weight excluding hydrogens is 338 g/mol. The Hall–Kier alpha value is -1.13. The highest BCUT2D eigenvalue weighted by Crippen LogP contribution is 2.77. The topological polar surface area (TPSA) is 62.1 Å². The molecule has 1 aliphatic heterocycles. The van der Waals surface area contributed by atoms with Crippen molar-refractivity contribution in [3.8, 4) is 0 Å². The highest BCUT2D eigenvalue weighted by atomic mass is 16.5. The summed E-state index contributed by atoms with van der Waals surface area (Å²) in [5, 5.41) is 22.9. The average Bonchev–Trinajstić information content (AvgIpc) is 3.25. The monoisotopic (exact) mass is 369 g/mol. The van der Waals surface area contributed by atoms with Crippen molar-refractivity contribution < 1.29 is 15.1 Å². The van der Waals surface area contributed by atoms with E-state index in [2.05, 4.69) is 30.3 Å². The number of rotatable bonds is 1. The molecule has 0 aromatic heterocycles. The second kappa shape index (κ2) is 5.48. The lowest BCUT2D eigenvalue weighted by molar-refractivity contribution is -0.134. The first-order chi connectivity index (χ1) is 13.1. The van der Waals surface area contributed by atoms with Crippen LogP contribution in [-0.2, 0) is 4.74 Å². The standard InChI is InChI=1S/C23H31NO3/c1-22-7-5-16-15-4-3-14(24-26)10-17(15)13(12-25)9-18(16)21(22)19-11-20(19)23(22)6-2-8-27-23/h2,6,10,13,15-16,18-21,25-26H,3-5,7-9,11-12H2,1H3/b24-14+/t13?,15-,16?,18?,19?,20?,21?,22+,23+/m1/s1. The Labute approximate surface area is 161 Å². The van der Waals surface area contributed by atoms with Gasteiger partial charge in [0, 0.05) is 17.9 Å². The minimum Gasteiger partial charge on any atom is -0.411 e. The van der Waals surface area contributed by atoms with E-state index in [1.54, 1.807) is 0 Å². The van der Waals surface area contributed by atoms with Crippen LogP contribution in [0.15, 0.2) is 29.0 Å². The Balaban J connectivity index is 1.39. The number of aliphatic hydroxyl groups is 1. The molecule has 6 aliphatic rings. The smallest absolute Gasteiger partial charge is 0.0954 e. The minimum absolute atomic E-state index is 0.00140. The number of oxime groups is 1. The molecule has 1 spiro atoms. The van der Waals surface area contributed by atoms with Gasteiger partial charge in [0.25, 0.3) is 0 Å². The molecule has 4 fully saturated rings. The Morgan fingerprint density at radius 2 is 2.11 bits per heavy atom. The molecular formula is C23H31NO3. The second-order valence-electron chi connectivity index (χ2n) is 10.3. The molecule has 1 heterocycles. The van der Waals surface area contributed by atoms with Crippen LogP contribution in [0.2, 0.25) is 0 Å². The van der Waals surface area contributed by atoms with E-state index in [9.17, 15) is 10.3 Å². The molecule has 9 atom stereocenters. The third-order valence-corrected chi connectivity index (χ3v) is 9.64. The van der Waals surface area contributed by atoms with Gasteiger partial charge in [-0.15, -0.1) is 0 Å². The maximum absolute atomic E-state index is 10.2. The molecule has 6 rings (SSSR count).